The Hall–Kier alpha value is -0.510. The highest BCUT2D eigenvalue weighted by Gasteiger charge is 2.31. The van der Waals surface area contributed by atoms with E-state index in [1.165, 1.54) is 6.92 Å². The summed E-state index contributed by atoms with van der Waals surface area (Å²) in [6.07, 6.45) is -3.21. The maximum Gasteiger partial charge on any atom is 0.412 e. The molecule has 0 aromatic heterocycles. The lowest BCUT2D eigenvalue weighted by Gasteiger charge is -2.07. The van der Waals surface area contributed by atoms with E-state index in [4.69, 9.17) is 5.73 Å². The van der Waals surface area contributed by atoms with Gasteiger partial charge in [-0.05, 0) is 6.42 Å². The fraction of sp³-hybridized carbons (Fsp3) is 0.667. The molecule has 0 fully saturated rings. The van der Waals surface area contributed by atoms with E-state index >= 15 is 0 Å². The van der Waals surface area contributed by atoms with Gasteiger partial charge in [-0.25, -0.2) is 0 Å². The molecule has 0 aliphatic rings. The van der Waals surface area contributed by atoms with E-state index in [1.807, 2.05) is 0 Å². The van der Waals surface area contributed by atoms with Crippen LogP contribution in [-0.4, -0.2) is 12.7 Å². The van der Waals surface area contributed by atoms with Gasteiger partial charge in [-0.1, -0.05) is 13.0 Å². The largest absolute Gasteiger partial charge is 0.412 e. The molecule has 0 rings (SSSR count). The summed E-state index contributed by atoms with van der Waals surface area (Å²) in [6.45, 7) is 1.40. The summed E-state index contributed by atoms with van der Waals surface area (Å²) in [5.41, 5.74) is 4.38. The molecule has 0 aliphatic carbocycles. The van der Waals surface area contributed by atoms with Crippen molar-refractivity contribution >= 4 is 0 Å². The average Bonchev–Trinajstić information content (AvgIpc) is 1.80. The van der Waals surface area contributed by atoms with E-state index in [0.29, 0.717) is 0 Å². The summed E-state index contributed by atoms with van der Waals surface area (Å²) >= 11 is 0. The predicted octanol–water partition coefficient (Wildman–Crippen LogP) is 1.84. The summed E-state index contributed by atoms with van der Waals surface area (Å²) in [6, 6.07) is 0. The molecule has 0 heterocycles. The van der Waals surface area contributed by atoms with Crippen molar-refractivity contribution in [1.29, 1.82) is 0 Å². The van der Waals surface area contributed by atoms with Gasteiger partial charge < -0.3 is 5.73 Å². The third-order valence-corrected chi connectivity index (χ3v) is 1.11. The summed E-state index contributed by atoms with van der Waals surface area (Å²) in [5.74, 6) is 0. The molecule has 10 heavy (non-hydrogen) atoms. The highest BCUT2D eigenvalue weighted by molar-refractivity contribution is 5.08. The molecule has 0 aromatic carbocycles. The van der Waals surface area contributed by atoms with Gasteiger partial charge >= 0.3 is 6.18 Å². The van der Waals surface area contributed by atoms with Crippen LogP contribution in [0, 0.1) is 0 Å². The third-order valence-electron chi connectivity index (χ3n) is 1.11. The summed E-state index contributed by atoms with van der Waals surface area (Å²) < 4.78 is 35.4. The summed E-state index contributed by atoms with van der Waals surface area (Å²) in [7, 11) is 0. The first-order valence-corrected chi connectivity index (χ1v) is 2.98. The van der Waals surface area contributed by atoms with E-state index < -0.39 is 11.7 Å². The standard InChI is InChI=1S/C6H10F3N/c1-2-5(3-4-10)6(7,8)9/h3H,2,4,10H2,1H3/b5-3+. The molecule has 0 saturated heterocycles. The maximum absolute atomic E-state index is 11.8. The Bertz CT molecular complexity index is 125. The van der Waals surface area contributed by atoms with Gasteiger partial charge in [-0.15, -0.1) is 0 Å². The molecule has 0 unspecified atom stereocenters. The first-order valence-electron chi connectivity index (χ1n) is 2.98. The number of hydrogen-bond acceptors (Lipinski definition) is 1. The van der Waals surface area contributed by atoms with Crippen LogP contribution in [-0.2, 0) is 0 Å². The van der Waals surface area contributed by atoms with E-state index in [9.17, 15) is 13.2 Å². The third kappa shape index (κ3) is 2.87. The topological polar surface area (TPSA) is 26.0 Å². The first kappa shape index (κ1) is 9.49. The van der Waals surface area contributed by atoms with Gasteiger partial charge in [0.15, 0.2) is 0 Å². The van der Waals surface area contributed by atoms with Gasteiger partial charge in [0.2, 0.25) is 0 Å². The van der Waals surface area contributed by atoms with Crippen molar-refractivity contribution in [3.63, 3.8) is 0 Å². The predicted molar refractivity (Wildman–Crippen MR) is 33.5 cm³/mol. The lowest BCUT2D eigenvalue weighted by Crippen LogP contribution is -2.12. The minimum Gasteiger partial charge on any atom is -0.327 e. The molecule has 2 N–H and O–H groups in total. The van der Waals surface area contributed by atoms with Gasteiger partial charge in [-0.3, -0.25) is 0 Å². The fourth-order valence-electron chi connectivity index (χ4n) is 0.603. The van der Waals surface area contributed by atoms with Crippen LogP contribution in [0.3, 0.4) is 0 Å². The number of nitrogens with two attached hydrogens (primary N) is 1. The molecule has 0 amide bonds. The van der Waals surface area contributed by atoms with Crippen molar-refractivity contribution in [2.24, 2.45) is 5.73 Å². The van der Waals surface area contributed by atoms with Gasteiger partial charge in [0.1, 0.15) is 0 Å². The lowest BCUT2D eigenvalue weighted by atomic mass is 10.2. The molecular weight excluding hydrogens is 143 g/mol. The van der Waals surface area contributed by atoms with Crippen molar-refractivity contribution < 1.29 is 13.2 Å². The summed E-state index contributed by atoms with van der Waals surface area (Å²) in [5, 5.41) is 0. The Balaban J connectivity index is 4.21. The number of allylic oxidation sites excluding steroid dienone is 1. The monoisotopic (exact) mass is 153 g/mol. The smallest absolute Gasteiger partial charge is 0.327 e. The zero-order chi connectivity index (χ0) is 8.20. The highest BCUT2D eigenvalue weighted by atomic mass is 19.4. The van der Waals surface area contributed by atoms with Crippen molar-refractivity contribution in [3.05, 3.63) is 11.6 Å². The molecule has 0 saturated carbocycles. The Kier molecular flexibility index (Phi) is 3.42. The molecule has 0 spiro atoms. The number of rotatable bonds is 2. The van der Waals surface area contributed by atoms with Crippen molar-refractivity contribution in [3.8, 4) is 0 Å². The van der Waals surface area contributed by atoms with Crippen LogP contribution >= 0.6 is 0 Å². The Morgan fingerprint density at radius 2 is 2.00 bits per heavy atom. The van der Waals surface area contributed by atoms with Crippen molar-refractivity contribution in [2.45, 2.75) is 19.5 Å². The Morgan fingerprint density at radius 1 is 1.50 bits per heavy atom. The summed E-state index contributed by atoms with van der Waals surface area (Å²) in [4.78, 5) is 0. The number of alkyl halides is 3. The quantitative estimate of drug-likeness (QED) is 0.602. The zero-order valence-electron chi connectivity index (χ0n) is 5.70. The van der Waals surface area contributed by atoms with E-state index in [0.717, 1.165) is 6.08 Å². The van der Waals surface area contributed by atoms with Crippen LogP contribution in [0.2, 0.25) is 0 Å². The molecule has 0 radical (unpaired) electrons. The van der Waals surface area contributed by atoms with E-state index in [1.54, 1.807) is 0 Å². The minimum atomic E-state index is -4.20. The van der Waals surface area contributed by atoms with Gasteiger partial charge in [-0.2, -0.15) is 13.2 Å². The second kappa shape index (κ2) is 3.61. The van der Waals surface area contributed by atoms with Crippen molar-refractivity contribution in [2.75, 3.05) is 6.54 Å². The van der Waals surface area contributed by atoms with Crippen LogP contribution < -0.4 is 5.73 Å². The molecule has 0 atom stereocenters. The fourth-order valence-corrected chi connectivity index (χ4v) is 0.603. The SMILES string of the molecule is CC/C(=C\CN)C(F)(F)F. The van der Waals surface area contributed by atoms with Gasteiger partial charge in [0.05, 0.1) is 0 Å². The molecule has 60 valence electrons. The number of halogens is 3. The number of hydrogen-bond donors (Lipinski definition) is 1. The molecule has 0 aliphatic heterocycles. The van der Waals surface area contributed by atoms with Crippen molar-refractivity contribution in [1.82, 2.24) is 0 Å². The van der Waals surface area contributed by atoms with Crippen LogP contribution in [0.25, 0.3) is 0 Å². The van der Waals surface area contributed by atoms with Gasteiger partial charge in [0.25, 0.3) is 0 Å². The molecule has 0 bridgehead atoms. The van der Waals surface area contributed by atoms with E-state index in [-0.39, 0.29) is 13.0 Å². The zero-order valence-corrected chi connectivity index (χ0v) is 5.70. The second-order valence-corrected chi connectivity index (χ2v) is 1.82. The van der Waals surface area contributed by atoms with Crippen LogP contribution in [0.4, 0.5) is 13.2 Å². The van der Waals surface area contributed by atoms with E-state index in [2.05, 4.69) is 0 Å². The Labute approximate surface area is 57.7 Å². The molecular formula is C6H10F3N. The minimum absolute atomic E-state index is 0.0132. The maximum atomic E-state index is 11.8. The van der Waals surface area contributed by atoms with Crippen LogP contribution in [0.15, 0.2) is 11.6 Å². The molecule has 0 aromatic rings. The normalized spacial score (nSPS) is 13.9. The molecule has 1 nitrogen and oxygen atoms in total. The first-order chi connectivity index (χ1) is 4.52. The van der Waals surface area contributed by atoms with Crippen LogP contribution in [0.5, 0.6) is 0 Å². The average molecular weight is 153 g/mol. The van der Waals surface area contributed by atoms with Crippen LogP contribution in [0.1, 0.15) is 13.3 Å². The highest BCUT2D eigenvalue weighted by Crippen LogP contribution is 2.27. The molecule has 4 heteroatoms. The lowest BCUT2D eigenvalue weighted by molar-refractivity contribution is -0.0937. The second-order valence-electron chi connectivity index (χ2n) is 1.82. The van der Waals surface area contributed by atoms with Gasteiger partial charge in [0, 0.05) is 12.1 Å². The Morgan fingerprint density at radius 3 is 2.10 bits per heavy atom.